The number of carbonyl (C=O) groups is 1. The van der Waals surface area contributed by atoms with Crippen molar-refractivity contribution >= 4 is 22.6 Å². The van der Waals surface area contributed by atoms with Gasteiger partial charge in [0.2, 0.25) is 0 Å². The van der Waals surface area contributed by atoms with Gasteiger partial charge in [0.15, 0.2) is 11.4 Å². The maximum atomic E-state index is 12.5. The first-order valence-corrected chi connectivity index (χ1v) is 13.2. The van der Waals surface area contributed by atoms with E-state index in [1.807, 2.05) is 59.3 Å². The molecule has 0 bridgehead atoms. The predicted octanol–water partition coefficient (Wildman–Crippen LogP) is 3.58. The van der Waals surface area contributed by atoms with Crippen molar-refractivity contribution in [3.63, 3.8) is 0 Å². The fourth-order valence-corrected chi connectivity index (χ4v) is 5.13. The van der Waals surface area contributed by atoms with E-state index in [0.717, 1.165) is 54.1 Å². The first-order chi connectivity index (χ1) is 19.1. The molecule has 0 aliphatic carbocycles. The average molecular weight is 526 g/mol. The Hall–Kier alpha value is -4.28. The topological polar surface area (TPSA) is 120 Å². The van der Waals surface area contributed by atoms with E-state index in [1.54, 1.807) is 12.3 Å². The van der Waals surface area contributed by atoms with Crippen LogP contribution in [0.2, 0.25) is 0 Å². The van der Waals surface area contributed by atoms with Crippen molar-refractivity contribution in [2.45, 2.75) is 24.9 Å². The number of nitrogen functional groups attached to an aromatic ring is 1. The monoisotopic (exact) mass is 525 g/mol. The summed E-state index contributed by atoms with van der Waals surface area (Å²) < 4.78 is 13.2. The molecule has 6 rings (SSSR count). The lowest BCUT2D eigenvalue weighted by Crippen LogP contribution is -2.28. The number of aromatic nitrogens is 4. The number of hydrogen-bond acceptors (Lipinski definition) is 9. The van der Waals surface area contributed by atoms with Crippen LogP contribution in [0.4, 0.5) is 5.82 Å². The lowest BCUT2D eigenvalue weighted by molar-refractivity contribution is -0.115. The zero-order valence-electron chi connectivity index (χ0n) is 21.6. The van der Waals surface area contributed by atoms with Gasteiger partial charge < -0.3 is 20.5 Å². The smallest absolute Gasteiger partial charge is 0.171 e. The molecular formula is C29H31N7O3. The van der Waals surface area contributed by atoms with Gasteiger partial charge in [-0.15, -0.1) is 0 Å². The summed E-state index contributed by atoms with van der Waals surface area (Å²) in [7, 11) is 0. The van der Waals surface area contributed by atoms with Crippen LogP contribution in [0.25, 0.3) is 22.3 Å². The Morgan fingerprint density at radius 2 is 1.92 bits per heavy atom. The molecular weight excluding hydrogens is 494 g/mol. The third-order valence-corrected chi connectivity index (χ3v) is 7.13. The average Bonchev–Trinajstić information content (AvgIpc) is 3.71. The van der Waals surface area contributed by atoms with Crippen LogP contribution in [0.15, 0.2) is 73.2 Å². The Labute approximate surface area is 226 Å². The number of ketones is 1. The van der Waals surface area contributed by atoms with Crippen LogP contribution in [-0.2, 0) is 9.53 Å². The first kappa shape index (κ1) is 25.0. The number of nitrogens with two attached hydrogens (primary N) is 1. The Morgan fingerprint density at radius 3 is 2.72 bits per heavy atom. The van der Waals surface area contributed by atoms with Crippen molar-refractivity contribution in [2.24, 2.45) is 0 Å². The molecule has 39 heavy (non-hydrogen) atoms. The first-order valence-electron chi connectivity index (χ1n) is 13.2. The van der Waals surface area contributed by atoms with Crippen LogP contribution >= 0.6 is 0 Å². The molecule has 2 saturated heterocycles. The van der Waals surface area contributed by atoms with Gasteiger partial charge >= 0.3 is 0 Å². The molecule has 2 aromatic carbocycles. The van der Waals surface area contributed by atoms with E-state index in [-0.39, 0.29) is 17.9 Å². The second kappa shape index (κ2) is 11.2. The van der Waals surface area contributed by atoms with Gasteiger partial charge in [0, 0.05) is 31.5 Å². The van der Waals surface area contributed by atoms with Gasteiger partial charge in [-0.2, -0.15) is 5.10 Å². The quantitative estimate of drug-likeness (QED) is 0.316. The highest BCUT2D eigenvalue weighted by Gasteiger charge is 2.29. The van der Waals surface area contributed by atoms with E-state index >= 15 is 0 Å². The molecule has 2 aliphatic heterocycles. The molecule has 0 unspecified atom stereocenters. The number of carbonyl (C=O) groups excluding carboxylic acids is 1. The van der Waals surface area contributed by atoms with Crippen LogP contribution in [0, 0.1) is 0 Å². The number of nitrogens with zero attached hydrogens (tertiary/aromatic N) is 5. The molecule has 0 spiro atoms. The summed E-state index contributed by atoms with van der Waals surface area (Å²) in [6.45, 7) is 3.32. The Balaban J connectivity index is 1.17. The summed E-state index contributed by atoms with van der Waals surface area (Å²) in [6, 6.07) is 17.8. The number of likely N-dealkylation sites (tertiary alicyclic amines) is 1. The highest BCUT2D eigenvalue weighted by atomic mass is 16.5. The Bertz CT molecular complexity index is 1460. The summed E-state index contributed by atoms with van der Waals surface area (Å²) in [5.41, 5.74) is 8.64. The second-order valence-corrected chi connectivity index (χ2v) is 9.89. The molecule has 200 valence electrons. The third kappa shape index (κ3) is 5.62. The number of rotatable bonds is 9. The van der Waals surface area contributed by atoms with E-state index in [4.69, 9.17) is 20.3 Å². The minimum Gasteiger partial charge on any atom is -0.457 e. The van der Waals surface area contributed by atoms with Gasteiger partial charge in [0.05, 0.1) is 30.6 Å². The maximum absolute atomic E-state index is 12.5. The molecule has 10 heteroatoms. The number of fused-ring (bicyclic) bond motifs is 1. The molecule has 2 aromatic heterocycles. The molecule has 10 nitrogen and oxygen atoms in total. The van der Waals surface area contributed by atoms with Crippen molar-refractivity contribution in [3.05, 3.63) is 73.2 Å². The van der Waals surface area contributed by atoms with Crippen molar-refractivity contribution in [3.8, 4) is 22.8 Å². The summed E-state index contributed by atoms with van der Waals surface area (Å²) in [6.07, 6.45) is 6.66. The largest absolute Gasteiger partial charge is 0.457 e. The van der Waals surface area contributed by atoms with Crippen molar-refractivity contribution in [2.75, 3.05) is 38.6 Å². The van der Waals surface area contributed by atoms with E-state index in [1.165, 1.54) is 6.33 Å². The Morgan fingerprint density at radius 1 is 1.10 bits per heavy atom. The standard InChI is InChI=1S/C29H31N7O3/c30-28-26-27(20-6-8-25(9-7-20)39-24-4-2-1-3-5-24)34-36(29(26)33-19-32-28)22-11-14-35(16-22)17-23(37)10-13-31-21-12-15-38-18-21/h1-10,13,19,21-22,31H,11-12,14-18H2,(H2,30,32,33)/b13-10+/t21-,22+/m0/s1. The van der Waals surface area contributed by atoms with Gasteiger partial charge in [0.25, 0.3) is 0 Å². The molecule has 0 saturated carbocycles. The predicted molar refractivity (Wildman–Crippen MR) is 148 cm³/mol. The number of para-hydroxylation sites is 1. The fraction of sp³-hybridized carbons (Fsp3) is 0.310. The molecule has 3 N–H and O–H groups in total. The van der Waals surface area contributed by atoms with Gasteiger partial charge in [0.1, 0.15) is 29.3 Å². The van der Waals surface area contributed by atoms with Crippen LogP contribution in [0.5, 0.6) is 11.5 Å². The van der Waals surface area contributed by atoms with Crippen molar-refractivity contribution in [1.29, 1.82) is 0 Å². The van der Waals surface area contributed by atoms with E-state index < -0.39 is 0 Å². The molecule has 2 aliphatic rings. The lowest BCUT2D eigenvalue weighted by atomic mass is 10.1. The molecule has 0 amide bonds. The highest BCUT2D eigenvalue weighted by molar-refractivity contribution is 5.98. The number of anilines is 1. The van der Waals surface area contributed by atoms with Crippen LogP contribution in [0.1, 0.15) is 18.9 Å². The SMILES string of the molecule is Nc1ncnc2c1c(-c1ccc(Oc3ccccc3)cc1)nn2[C@@H]1CCN(CC(=O)/C=C/N[C@H]2CCOC2)C1. The molecule has 4 aromatic rings. The van der Waals surface area contributed by atoms with Crippen LogP contribution in [-0.4, -0.2) is 69.3 Å². The minimum absolute atomic E-state index is 0.0671. The van der Waals surface area contributed by atoms with Crippen LogP contribution < -0.4 is 15.8 Å². The zero-order chi connectivity index (χ0) is 26.6. The number of benzene rings is 2. The molecule has 2 atom stereocenters. The van der Waals surface area contributed by atoms with Crippen molar-refractivity contribution in [1.82, 2.24) is 30.0 Å². The maximum Gasteiger partial charge on any atom is 0.171 e. The van der Waals surface area contributed by atoms with Gasteiger partial charge in [-0.25, -0.2) is 14.6 Å². The molecule has 2 fully saturated rings. The van der Waals surface area contributed by atoms with E-state index in [9.17, 15) is 4.79 Å². The number of hydrogen-bond donors (Lipinski definition) is 2. The second-order valence-electron chi connectivity index (χ2n) is 9.89. The summed E-state index contributed by atoms with van der Waals surface area (Å²) in [5, 5.41) is 8.94. The normalized spacial score (nSPS) is 19.7. The van der Waals surface area contributed by atoms with Crippen LogP contribution in [0.3, 0.4) is 0 Å². The summed E-state index contributed by atoms with van der Waals surface area (Å²) >= 11 is 0. The van der Waals surface area contributed by atoms with Gasteiger partial charge in [-0.3, -0.25) is 9.69 Å². The minimum atomic E-state index is 0.0671. The van der Waals surface area contributed by atoms with E-state index in [0.29, 0.717) is 31.2 Å². The van der Waals surface area contributed by atoms with Crippen molar-refractivity contribution < 1.29 is 14.3 Å². The third-order valence-electron chi connectivity index (χ3n) is 7.13. The summed E-state index contributed by atoms with van der Waals surface area (Å²) in [4.78, 5) is 23.5. The van der Waals surface area contributed by atoms with E-state index in [2.05, 4.69) is 20.2 Å². The lowest BCUT2D eigenvalue weighted by Gasteiger charge is -2.15. The summed E-state index contributed by atoms with van der Waals surface area (Å²) in [5.74, 6) is 1.96. The fourth-order valence-electron chi connectivity index (χ4n) is 5.13. The molecule has 4 heterocycles. The Kier molecular flexibility index (Phi) is 7.20. The number of ether oxygens (including phenoxy) is 2. The zero-order valence-corrected chi connectivity index (χ0v) is 21.6. The molecule has 0 radical (unpaired) electrons. The van der Waals surface area contributed by atoms with Gasteiger partial charge in [-0.1, -0.05) is 18.2 Å². The number of nitrogens with one attached hydrogen (secondary N) is 1. The highest BCUT2D eigenvalue weighted by Crippen LogP contribution is 2.34. The van der Waals surface area contributed by atoms with Gasteiger partial charge in [-0.05, 0) is 55.3 Å².